The van der Waals surface area contributed by atoms with Gasteiger partial charge in [-0.2, -0.15) is 0 Å². The molecule has 0 aliphatic heterocycles. The lowest BCUT2D eigenvalue weighted by molar-refractivity contribution is -0.133. The number of esters is 2. The maximum absolute atomic E-state index is 12.5. The van der Waals surface area contributed by atoms with Crippen LogP contribution in [0.5, 0.6) is 11.5 Å². The fourth-order valence-corrected chi connectivity index (χ4v) is 2.87. The molecule has 5 nitrogen and oxygen atoms in total. The summed E-state index contributed by atoms with van der Waals surface area (Å²) < 4.78 is 15.6. The molecule has 0 bridgehead atoms. The molecule has 5 heteroatoms. The highest BCUT2D eigenvalue weighted by molar-refractivity contribution is 5.99. The van der Waals surface area contributed by atoms with Crippen molar-refractivity contribution in [2.24, 2.45) is 0 Å². The third kappa shape index (κ3) is 4.08. The lowest BCUT2D eigenvalue weighted by Gasteiger charge is -2.11. The van der Waals surface area contributed by atoms with E-state index < -0.39 is 11.9 Å². The van der Waals surface area contributed by atoms with Crippen molar-refractivity contribution in [3.63, 3.8) is 0 Å². The van der Waals surface area contributed by atoms with Crippen LogP contribution in [0.4, 0.5) is 0 Å². The predicted molar refractivity (Wildman–Crippen MR) is 102 cm³/mol. The van der Waals surface area contributed by atoms with Crippen molar-refractivity contribution >= 4 is 22.7 Å². The highest BCUT2D eigenvalue weighted by Crippen LogP contribution is 2.27. The number of benzene rings is 3. The zero-order valence-corrected chi connectivity index (χ0v) is 15.4. The van der Waals surface area contributed by atoms with Gasteiger partial charge >= 0.3 is 11.9 Å². The summed E-state index contributed by atoms with van der Waals surface area (Å²) in [5.41, 5.74) is 1.96. The monoisotopic (exact) mass is 364 g/mol. The SMILES string of the molecule is COC(=O)c1cc2ccccc2cc1OC(=O)Cc1ccc(C)c(OC)c1. The van der Waals surface area contributed by atoms with Gasteiger partial charge in [0.15, 0.2) is 0 Å². The van der Waals surface area contributed by atoms with E-state index in [0.717, 1.165) is 21.9 Å². The van der Waals surface area contributed by atoms with Gasteiger partial charge in [0.2, 0.25) is 0 Å². The second-order valence-electron chi connectivity index (χ2n) is 6.14. The van der Waals surface area contributed by atoms with Crippen LogP contribution < -0.4 is 9.47 Å². The number of methoxy groups -OCH3 is 2. The molecule has 0 aliphatic rings. The molecule has 3 rings (SSSR count). The van der Waals surface area contributed by atoms with Gasteiger partial charge in [0.1, 0.15) is 17.1 Å². The number of hydrogen-bond acceptors (Lipinski definition) is 5. The number of fused-ring (bicyclic) bond motifs is 1. The highest BCUT2D eigenvalue weighted by atomic mass is 16.5. The van der Waals surface area contributed by atoms with E-state index in [1.165, 1.54) is 7.11 Å². The lowest BCUT2D eigenvalue weighted by atomic mass is 10.1. The van der Waals surface area contributed by atoms with Gasteiger partial charge in [-0.05, 0) is 47.0 Å². The summed E-state index contributed by atoms with van der Waals surface area (Å²) in [6, 6.07) is 16.4. The van der Waals surface area contributed by atoms with Crippen molar-refractivity contribution in [2.75, 3.05) is 14.2 Å². The molecule has 138 valence electrons. The molecule has 0 atom stereocenters. The first-order valence-corrected chi connectivity index (χ1v) is 8.47. The predicted octanol–water partition coefficient (Wildman–Crippen LogP) is 4.09. The maximum Gasteiger partial charge on any atom is 0.341 e. The van der Waals surface area contributed by atoms with Gasteiger partial charge in [-0.15, -0.1) is 0 Å². The number of carbonyl (C=O) groups excluding carboxylic acids is 2. The van der Waals surface area contributed by atoms with Crippen LogP contribution in [-0.4, -0.2) is 26.2 Å². The summed E-state index contributed by atoms with van der Waals surface area (Å²) in [4.78, 5) is 24.6. The summed E-state index contributed by atoms with van der Waals surface area (Å²) in [5, 5.41) is 1.73. The molecule has 0 heterocycles. The normalized spacial score (nSPS) is 10.5. The molecule has 3 aromatic carbocycles. The minimum atomic E-state index is -0.555. The Hall–Kier alpha value is -3.34. The number of hydrogen-bond donors (Lipinski definition) is 0. The standard InChI is InChI=1S/C22H20O5/c1-14-8-9-15(10-19(14)25-2)11-21(23)27-20-13-17-7-5-4-6-16(17)12-18(20)22(24)26-3/h4-10,12-13H,11H2,1-3H3. The Morgan fingerprint density at radius 3 is 2.26 bits per heavy atom. The summed E-state index contributed by atoms with van der Waals surface area (Å²) >= 11 is 0. The Morgan fingerprint density at radius 2 is 1.59 bits per heavy atom. The van der Waals surface area contributed by atoms with Crippen LogP contribution in [-0.2, 0) is 16.0 Å². The molecule has 27 heavy (non-hydrogen) atoms. The second-order valence-corrected chi connectivity index (χ2v) is 6.14. The Labute approximate surface area is 157 Å². The zero-order valence-electron chi connectivity index (χ0n) is 15.4. The van der Waals surface area contributed by atoms with E-state index in [4.69, 9.17) is 14.2 Å². The van der Waals surface area contributed by atoms with Gasteiger partial charge in [-0.25, -0.2) is 4.79 Å². The third-order valence-corrected chi connectivity index (χ3v) is 4.30. The van der Waals surface area contributed by atoms with E-state index >= 15 is 0 Å². The Balaban J connectivity index is 1.88. The van der Waals surface area contributed by atoms with Crippen molar-refractivity contribution < 1.29 is 23.8 Å². The first kappa shape index (κ1) is 18.5. The largest absolute Gasteiger partial charge is 0.496 e. The quantitative estimate of drug-likeness (QED) is 0.504. The molecular weight excluding hydrogens is 344 g/mol. The average molecular weight is 364 g/mol. The van der Waals surface area contributed by atoms with Crippen LogP contribution in [0, 0.1) is 6.92 Å². The highest BCUT2D eigenvalue weighted by Gasteiger charge is 2.18. The molecule has 0 saturated heterocycles. The number of carbonyl (C=O) groups is 2. The van der Waals surface area contributed by atoms with Gasteiger partial charge in [0.25, 0.3) is 0 Å². The van der Waals surface area contributed by atoms with E-state index in [-0.39, 0.29) is 17.7 Å². The smallest absolute Gasteiger partial charge is 0.341 e. The van der Waals surface area contributed by atoms with E-state index in [1.807, 2.05) is 43.3 Å². The third-order valence-electron chi connectivity index (χ3n) is 4.30. The van der Waals surface area contributed by atoms with E-state index in [9.17, 15) is 9.59 Å². The van der Waals surface area contributed by atoms with Crippen LogP contribution in [0.2, 0.25) is 0 Å². The molecule has 0 unspecified atom stereocenters. The zero-order chi connectivity index (χ0) is 19.4. The van der Waals surface area contributed by atoms with Gasteiger partial charge in [-0.3, -0.25) is 4.79 Å². The Bertz CT molecular complexity index is 1010. The van der Waals surface area contributed by atoms with Crippen molar-refractivity contribution in [1.29, 1.82) is 0 Å². The van der Waals surface area contributed by atoms with Crippen LogP contribution in [0.25, 0.3) is 10.8 Å². The molecule has 0 amide bonds. The van der Waals surface area contributed by atoms with E-state index in [2.05, 4.69) is 0 Å². The molecule has 0 fully saturated rings. The summed E-state index contributed by atoms with van der Waals surface area (Å²) in [6.45, 7) is 1.93. The molecule has 0 aromatic heterocycles. The first-order chi connectivity index (χ1) is 13.0. The summed E-state index contributed by atoms with van der Waals surface area (Å²) in [7, 11) is 2.88. The van der Waals surface area contributed by atoms with Crippen molar-refractivity contribution in [2.45, 2.75) is 13.3 Å². The molecule has 0 radical (unpaired) electrons. The molecule has 0 N–H and O–H groups in total. The van der Waals surface area contributed by atoms with Crippen molar-refractivity contribution in [1.82, 2.24) is 0 Å². The van der Waals surface area contributed by atoms with Crippen LogP contribution in [0.3, 0.4) is 0 Å². The maximum atomic E-state index is 12.5. The molecule has 0 spiro atoms. The van der Waals surface area contributed by atoms with Crippen molar-refractivity contribution in [3.8, 4) is 11.5 Å². The van der Waals surface area contributed by atoms with Gasteiger partial charge in [0, 0.05) is 0 Å². The second kappa shape index (κ2) is 7.91. The minimum Gasteiger partial charge on any atom is -0.496 e. The topological polar surface area (TPSA) is 61.8 Å². The molecular formula is C22H20O5. The number of ether oxygens (including phenoxy) is 3. The average Bonchev–Trinajstić information content (AvgIpc) is 2.68. The van der Waals surface area contributed by atoms with Gasteiger partial charge < -0.3 is 14.2 Å². The fraction of sp³-hybridized carbons (Fsp3) is 0.182. The van der Waals surface area contributed by atoms with Crippen LogP contribution in [0.15, 0.2) is 54.6 Å². The van der Waals surface area contributed by atoms with Crippen LogP contribution >= 0.6 is 0 Å². The molecule has 0 aliphatic carbocycles. The van der Waals surface area contributed by atoms with Gasteiger partial charge in [-0.1, -0.05) is 36.4 Å². The summed E-state index contributed by atoms with van der Waals surface area (Å²) in [5.74, 6) is -0.132. The Morgan fingerprint density at radius 1 is 0.889 bits per heavy atom. The summed E-state index contributed by atoms with van der Waals surface area (Å²) in [6.07, 6.45) is 0.0596. The lowest BCUT2D eigenvalue weighted by Crippen LogP contribution is -2.14. The van der Waals surface area contributed by atoms with Crippen molar-refractivity contribution in [3.05, 3.63) is 71.3 Å². The number of aryl methyl sites for hydroxylation is 1. The number of rotatable bonds is 5. The fourth-order valence-electron chi connectivity index (χ4n) is 2.87. The minimum absolute atomic E-state index is 0.0596. The van der Waals surface area contributed by atoms with E-state index in [1.54, 1.807) is 25.3 Å². The molecule has 0 saturated carbocycles. The Kier molecular flexibility index (Phi) is 5.41. The molecule has 3 aromatic rings. The van der Waals surface area contributed by atoms with Crippen LogP contribution in [0.1, 0.15) is 21.5 Å². The van der Waals surface area contributed by atoms with Gasteiger partial charge in [0.05, 0.1) is 20.6 Å². The van der Waals surface area contributed by atoms with E-state index in [0.29, 0.717) is 5.75 Å². The first-order valence-electron chi connectivity index (χ1n) is 8.47.